The molecule has 2 aliphatic rings. The van der Waals surface area contributed by atoms with Crippen LogP contribution < -0.4 is 15.4 Å². The van der Waals surface area contributed by atoms with E-state index in [0.29, 0.717) is 24.5 Å². The molecule has 23 heavy (non-hydrogen) atoms. The Balaban J connectivity index is 1.59. The molecule has 4 nitrogen and oxygen atoms in total. The number of morpholine rings is 1. The van der Waals surface area contributed by atoms with Crippen molar-refractivity contribution in [1.82, 2.24) is 10.6 Å². The van der Waals surface area contributed by atoms with Gasteiger partial charge in [0.1, 0.15) is 5.75 Å². The van der Waals surface area contributed by atoms with Crippen LogP contribution in [-0.2, 0) is 11.3 Å². The molecule has 0 amide bonds. The van der Waals surface area contributed by atoms with Crippen molar-refractivity contribution in [3.8, 4) is 5.75 Å². The standard InChI is InChI=1S/C17H24F2N2O2/c18-17(19)23-16-7-2-1-4-12(16)10-21-14-6-3-5-13(14)15-11-22-9-8-20-15/h1-2,4,7,13-15,17,20-21H,3,5-6,8-11H2. The lowest BCUT2D eigenvalue weighted by molar-refractivity contribution is -0.0505. The number of benzene rings is 1. The fourth-order valence-corrected chi connectivity index (χ4v) is 3.69. The zero-order valence-corrected chi connectivity index (χ0v) is 13.1. The molecule has 0 radical (unpaired) electrons. The summed E-state index contributed by atoms with van der Waals surface area (Å²) in [5.41, 5.74) is 0.770. The highest BCUT2D eigenvalue weighted by molar-refractivity contribution is 5.33. The van der Waals surface area contributed by atoms with Crippen LogP contribution in [0.3, 0.4) is 0 Å². The van der Waals surface area contributed by atoms with Crippen LogP contribution >= 0.6 is 0 Å². The molecular formula is C17H24F2N2O2. The third-order valence-corrected chi connectivity index (χ3v) is 4.78. The van der Waals surface area contributed by atoms with Gasteiger partial charge in [0.15, 0.2) is 0 Å². The van der Waals surface area contributed by atoms with Crippen molar-refractivity contribution in [1.29, 1.82) is 0 Å². The van der Waals surface area contributed by atoms with Gasteiger partial charge in [-0.15, -0.1) is 0 Å². The lowest BCUT2D eigenvalue weighted by Crippen LogP contribution is -2.50. The predicted molar refractivity (Wildman–Crippen MR) is 83.7 cm³/mol. The lowest BCUT2D eigenvalue weighted by Gasteiger charge is -2.33. The Morgan fingerprint density at radius 2 is 2.17 bits per heavy atom. The van der Waals surface area contributed by atoms with Crippen LogP contribution in [0.4, 0.5) is 8.78 Å². The van der Waals surface area contributed by atoms with E-state index in [0.717, 1.165) is 31.7 Å². The lowest BCUT2D eigenvalue weighted by atomic mass is 9.94. The van der Waals surface area contributed by atoms with Crippen LogP contribution in [0, 0.1) is 5.92 Å². The number of alkyl halides is 2. The van der Waals surface area contributed by atoms with Gasteiger partial charge in [0.25, 0.3) is 0 Å². The molecule has 2 N–H and O–H groups in total. The second-order valence-corrected chi connectivity index (χ2v) is 6.20. The summed E-state index contributed by atoms with van der Waals surface area (Å²) in [5, 5.41) is 7.08. The van der Waals surface area contributed by atoms with Gasteiger partial charge < -0.3 is 20.1 Å². The summed E-state index contributed by atoms with van der Waals surface area (Å²) in [6.45, 7) is 0.184. The minimum atomic E-state index is -2.79. The van der Waals surface area contributed by atoms with Crippen LogP contribution in [0.2, 0.25) is 0 Å². The van der Waals surface area contributed by atoms with Gasteiger partial charge in [-0.2, -0.15) is 8.78 Å². The van der Waals surface area contributed by atoms with Crippen molar-refractivity contribution in [3.63, 3.8) is 0 Å². The molecule has 1 heterocycles. The van der Waals surface area contributed by atoms with E-state index in [4.69, 9.17) is 4.74 Å². The molecule has 1 saturated carbocycles. The van der Waals surface area contributed by atoms with E-state index < -0.39 is 6.61 Å². The van der Waals surface area contributed by atoms with Crippen molar-refractivity contribution >= 4 is 0 Å². The molecule has 6 heteroatoms. The van der Waals surface area contributed by atoms with Crippen molar-refractivity contribution in [2.24, 2.45) is 5.92 Å². The minimum Gasteiger partial charge on any atom is -0.434 e. The highest BCUT2D eigenvalue weighted by atomic mass is 19.3. The highest BCUT2D eigenvalue weighted by Crippen LogP contribution is 2.30. The summed E-state index contributed by atoms with van der Waals surface area (Å²) in [4.78, 5) is 0. The van der Waals surface area contributed by atoms with E-state index in [1.807, 2.05) is 12.1 Å². The molecule has 3 atom stereocenters. The van der Waals surface area contributed by atoms with Crippen LogP contribution in [-0.4, -0.2) is 38.5 Å². The Bertz CT molecular complexity index is 495. The van der Waals surface area contributed by atoms with Gasteiger partial charge in [-0.1, -0.05) is 24.6 Å². The monoisotopic (exact) mass is 326 g/mol. The topological polar surface area (TPSA) is 42.5 Å². The second-order valence-electron chi connectivity index (χ2n) is 6.20. The molecule has 0 bridgehead atoms. The average Bonchev–Trinajstić information content (AvgIpc) is 3.03. The first-order valence-electron chi connectivity index (χ1n) is 8.31. The summed E-state index contributed by atoms with van der Waals surface area (Å²) in [7, 11) is 0. The molecule has 0 aromatic heterocycles. The Hall–Kier alpha value is -1.24. The fourth-order valence-electron chi connectivity index (χ4n) is 3.69. The van der Waals surface area contributed by atoms with Gasteiger partial charge in [-0.25, -0.2) is 0 Å². The maximum absolute atomic E-state index is 12.5. The van der Waals surface area contributed by atoms with E-state index >= 15 is 0 Å². The first kappa shape index (κ1) is 16.6. The Morgan fingerprint density at radius 1 is 1.30 bits per heavy atom. The van der Waals surface area contributed by atoms with Crippen molar-refractivity contribution in [2.45, 2.75) is 44.5 Å². The third-order valence-electron chi connectivity index (χ3n) is 4.78. The smallest absolute Gasteiger partial charge is 0.387 e. The van der Waals surface area contributed by atoms with Crippen molar-refractivity contribution in [2.75, 3.05) is 19.8 Å². The van der Waals surface area contributed by atoms with E-state index in [-0.39, 0.29) is 5.75 Å². The zero-order chi connectivity index (χ0) is 16.1. The average molecular weight is 326 g/mol. The highest BCUT2D eigenvalue weighted by Gasteiger charge is 2.34. The summed E-state index contributed by atoms with van der Waals surface area (Å²) >= 11 is 0. The number of para-hydroxylation sites is 1. The van der Waals surface area contributed by atoms with Crippen molar-refractivity contribution in [3.05, 3.63) is 29.8 Å². The fraction of sp³-hybridized carbons (Fsp3) is 0.647. The molecule has 0 spiro atoms. The predicted octanol–water partition coefficient (Wildman–Crippen LogP) is 2.53. The molecule has 1 saturated heterocycles. The molecule has 2 fully saturated rings. The number of hydrogen-bond donors (Lipinski definition) is 2. The molecular weight excluding hydrogens is 302 g/mol. The summed E-state index contributed by atoms with van der Waals surface area (Å²) in [6.07, 6.45) is 3.48. The Labute approximate surface area is 135 Å². The van der Waals surface area contributed by atoms with Gasteiger partial charge in [0, 0.05) is 30.7 Å². The molecule has 1 aliphatic carbocycles. The number of rotatable bonds is 6. The minimum absolute atomic E-state index is 0.253. The second kappa shape index (κ2) is 8.04. The SMILES string of the molecule is FC(F)Oc1ccccc1CNC1CCCC1C1COCCN1. The van der Waals surface area contributed by atoms with E-state index in [2.05, 4.69) is 15.4 Å². The summed E-state index contributed by atoms with van der Waals surface area (Å²) < 4.78 is 35.1. The van der Waals surface area contributed by atoms with Crippen molar-refractivity contribution < 1.29 is 18.3 Å². The van der Waals surface area contributed by atoms with Crippen LogP contribution in [0.25, 0.3) is 0 Å². The van der Waals surface area contributed by atoms with Gasteiger partial charge in [0.05, 0.1) is 13.2 Å². The number of ether oxygens (including phenoxy) is 2. The van der Waals surface area contributed by atoms with Gasteiger partial charge >= 0.3 is 6.61 Å². The van der Waals surface area contributed by atoms with Crippen LogP contribution in [0.5, 0.6) is 5.75 Å². The van der Waals surface area contributed by atoms with Gasteiger partial charge in [-0.05, 0) is 24.8 Å². The van der Waals surface area contributed by atoms with Crippen LogP contribution in [0.15, 0.2) is 24.3 Å². The first-order chi connectivity index (χ1) is 11.2. The Morgan fingerprint density at radius 3 is 2.96 bits per heavy atom. The molecule has 3 rings (SSSR count). The maximum Gasteiger partial charge on any atom is 0.387 e. The number of halogens is 2. The third kappa shape index (κ3) is 4.40. The molecule has 3 unspecified atom stereocenters. The van der Waals surface area contributed by atoms with Gasteiger partial charge in [0.2, 0.25) is 0 Å². The Kier molecular flexibility index (Phi) is 5.80. The number of hydrogen-bond acceptors (Lipinski definition) is 4. The normalized spacial score (nSPS) is 28.2. The maximum atomic E-state index is 12.5. The molecule has 128 valence electrons. The summed E-state index contributed by atoms with van der Waals surface area (Å²) in [6, 6.07) is 7.74. The largest absolute Gasteiger partial charge is 0.434 e. The quantitative estimate of drug-likeness (QED) is 0.843. The van der Waals surface area contributed by atoms with E-state index in [1.165, 1.54) is 12.8 Å². The molecule has 1 aromatic rings. The van der Waals surface area contributed by atoms with Crippen LogP contribution in [0.1, 0.15) is 24.8 Å². The first-order valence-corrected chi connectivity index (χ1v) is 8.31. The zero-order valence-electron chi connectivity index (χ0n) is 13.1. The number of nitrogens with one attached hydrogen (secondary N) is 2. The molecule has 1 aliphatic heterocycles. The molecule has 1 aromatic carbocycles. The van der Waals surface area contributed by atoms with Gasteiger partial charge in [-0.3, -0.25) is 0 Å². The summed E-state index contributed by atoms with van der Waals surface area (Å²) in [5.74, 6) is 0.780. The van der Waals surface area contributed by atoms with E-state index in [9.17, 15) is 8.78 Å². The van der Waals surface area contributed by atoms with E-state index in [1.54, 1.807) is 12.1 Å².